The van der Waals surface area contributed by atoms with Gasteiger partial charge >= 0.3 is 0 Å². The number of carbonyl (C=O) groups excluding carboxylic acids is 2. The van der Waals surface area contributed by atoms with Gasteiger partial charge in [-0.25, -0.2) is 4.98 Å². The number of aromatic nitrogens is 3. The monoisotopic (exact) mass is 540 g/mol. The molecule has 40 heavy (non-hydrogen) atoms. The molecule has 3 aromatic carbocycles. The number of aliphatic hydroxyl groups excluding tert-OH is 2. The topological polar surface area (TPSA) is 140 Å². The third kappa shape index (κ3) is 6.63. The number of aryl methyl sites for hydroxylation is 1. The van der Waals surface area contributed by atoms with Gasteiger partial charge in [-0.05, 0) is 47.9 Å². The molecule has 1 amide bonds. The maximum atomic E-state index is 11.6. The summed E-state index contributed by atoms with van der Waals surface area (Å²) in [5, 5.41) is 21.8. The molecule has 0 fully saturated rings. The molecular formula is C31H32N4O5. The Morgan fingerprint density at radius 3 is 2.73 bits per heavy atom. The zero-order valence-electron chi connectivity index (χ0n) is 22.3. The van der Waals surface area contributed by atoms with E-state index in [2.05, 4.69) is 20.3 Å². The second-order valence-electron chi connectivity index (χ2n) is 9.06. The summed E-state index contributed by atoms with van der Waals surface area (Å²) in [7, 11) is 1.00. The molecule has 0 saturated carbocycles. The molecule has 5 rings (SSSR count). The molecular weight excluding hydrogens is 508 g/mol. The molecule has 206 valence electrons. The summed E-state index contributed by atoms with van der Waals surface area (Å²) >= 11 is 0. The predicted octanol–water partition coefficient (Wildman–Crippen LogP) is 4.81. The van der Waals surface area contributed by atoms with Crippen LogP contribution in [0.15, 0.2) is 79.1 Å². The van der Waals surface area contributed by atoms with Gasteiger partial charge in [0.25, 0.3) is 0 Å². The van der Waals surface area contributed by atoms with Crippen molar-refractivity contribution in [3.05, 3.63) is 102 Å². The van der Waals surface area contributed by atoms with E-state index in [0.29, 0.717) is 42.4 Å². The molecule has 1 unspecified atom stereocenters. The molecule has 0 bridgehead atoms. The fourth-order valence-electron chi connectivity index (χ4n) is 4.45. The number of aldehydes is 1. The van der Waals surface area contributed by atoms with E-state index in [1.165, 1.54) is 6.92 Å². The lowest BCUT2D eigenvalue weighted by molar-refractivity contribution is -0.119. The molecule has 2 heterocycles. The Kier molecular flexibility index (Phi) is 9.45. The largest absolute Gasteiger partial charge is 0.457 e. The number of hydrogen-bond acceptors (Lipinski definition) is 6. The SMILES string of the molecule is CC(=O)NCc1c(Oc2cccc(-c3ncc(C(O)c4cccc(CCC=O)c4)[nH]3)c2)ccc2[nH]ccc12.CO. The van der Waals surface area contributed by atoms with E-state index in [1.807, 2.05) is 72.9 Å². The van der Waals surface area contributed by atoms with Crippen molar-refractivity contribution in [2.24, 2.45) is 0 Å². The van der Waals surface area contributed by atoms with Gasteiger partial charge in [-0.1, -0.05) is 36.4 Å². The van der Waals surface area contributed by atoms with Crippen molar-refractivity contribution < 1.29 is 24.5 Å². The number of nitrogens with one attached hydrogen (secondary N) is 3. The Balaban J connectivity index is 0.00000181. The minimum Gasteiger partial charge on any atom is -0.457 e. The first-order valence-corrected chi connectivity index (χ1v) is 12.8. The number of fused-ring (bicyclic) bond motifs is 1. The van der Waals surface area contributed by atoms with Crippen LogP contribution in [0.2, 0.25) is 0 Å². The highest BCUT2D eigenvalue weighted by Gasteiger charge is 2.16. The molecule has 0 aliphatic rings. The molecule has 5 N–H and O–H groups in total. The summed E-state index contributed by atoms with van der Waals surface area (Å²) in [6.07, 6.45) is 4.57. The highest BCUT2D eigenvalue weighted by Crippen LogP contribution is 2.33. The van der Waals surface area contributed by atoms with Crippen LogP contribution in [-0.4, -0.2) is 44.5 Å². The quantitative estimate of drug-likeness (QED) is 0.161. The van der Waals surface area contributed by atoms with Crippen LogP contribution in [0.3, 0.4) is 0 Å². The van der Waals surface area contributed by atoms with E-state index in [4.69, 9.17) is 9.84 Å². The first-order valence-electron chi connectivity index (χ1n) is 12.8. The lowest BCUT2D eigenvalue weighted by atomic mass is 10.0. The van der Waals surface area contributed by atoms with Gasteiger partial charge in [0.05, 0.1) is 11.9 Å². The standard InChI is InChI=1S/C30H28N4O4.CH4O/c1-19(36)32-17-25-24-12-13-31-26(24)10-11-28(25)38-23-9-3-8-22(16-23)30-33-18-27(34-30)29(37)21-7-2-5-20(15-21)6-4-14-35;1-2/h2-3,5,7-16,18,29,31,37H,4,6,17H2,1H3,(H,32,36)(H,33,34);2H,1H3. The molecule has 2 aromatic heterocycles. The van der Waals surface area contributed by atoms with Crippen molar-refractivity contribution >= 4 is 23.1 Å². The average molecular weight is 541 g/mol. The van der Waals surface area contributed by atoms with Gasteiger partial charge in [-0.15, -0.1) is 0 Å². The Hall–Kier alpha value is -4.73. The highest BCUT2D eigenvalue weighted by molar-refractivity contribution is 5.86. The number of imidazole rings is 1. The van der Waals surface area contributed by atoms with E-state index in [0.717, 1.165) is 46.6 Å². The third-order valence-electron chi connectivity index (χ3n) is 6.36. The first kappa shape index (κ1) is 28.3. The van der Waals surface area contributed by atoms with Gasteiger partial charge in [-0.3, -0.25) is 4.79 Å². The normalized spacial score (nSPS) is 11.4. The fourth-order valence-corrected chi connectivity index (χ4v) is 4.45. The van der Waals surface area contributed by atoms with Crippen molar-refractivity contribution in [3.8, 4) is 22.9 Å². The molecule has 0 aliphatic carbocycles. The maximum Gasteiger partial charge on any atom is 0.217 e. The summed E-state index contributed by atoms with van der Waals surface area (Å²) in [6.45, 7) is 1.83. The van der Waals surface area contributed by atoms with Crippen LogP contribution < -0.4 is 10.1 Å². The molecule has 0 radical (unpaired) electrons. The van der Waals surface area contributed by atoms with Crippen LogP contribution in [0.25, 0.3) is 22.3 Å². The van der Waals surface area contributed by atoms with Crippen LogP contribution in [0.4, 0.5) is 0 Å². The molecule has 0 spiro atoms. The molecule has 0 saturated heterocycles. The average Bonchev–Trinajstić information content (AvgIpc) is 3.67. The van der Waals surface area contributed by atoms with Crippen LogP contribution in [0.5, 0.6) is 11.5 Å². The maximum absolute atomic E-state index is 11.6. The van der Waals surface area contributed by atoms with Crippen molar-refractivity contribution in [2.45, 2.75) is 32.4 Å². The van der Waals surface area contributed by atoms with Gasteiger partial charge in [0.1, 0.15) is 29.7 Å². The Morgan fingerprint density at radius 2 is 1.93 bits per heavy atom. The summed E-state index contributed by atoms with van der Waals surface area (Å²) in [6, 6.07) is 20.9. The molecule has 9 nitrogen and oxygen atoms in total. The number of nitrogens with zero attached hydrogens (tertiary/aromatic N) is 1. The van der Waals surface area contributed by atoms with E-state index in [-0.39, 0.29) is 5.91 Å². The molecule has 1 atom stereocenters. The van der Waals surface area contributed by atoms with Crippen molar-refractivity contribution in [1.82, 2.24) is 20.3 Å². The van der Waals surface area contributed by atoms with Gasteiger partial charge in [0.2, 0.25) is 5.91 Å². The Bertz CT molecular complexity index is 1590. The zero-order chi connectivity index (χ0) is 28.5. The summed E-state index contributed by atoms with van der Waals surface area (Å²) in [5.74, 6) is 1.74. The van der Waals surface area contributed by atoms with Crippen LogP contribution in [0, 0.1) is 0 Å². The predicted molar refractivity (Wildman–Crippen MR) is 153 cm³/mol. The number of ether oxygens (including phenoxy) is 1. The molecule has 5 aromatic rings. The second kappa shape index (κ2) is 13.4. The van der Waals surface area contributed by atoms with Gasteiger partial charge in [-0.2, -0.15) is 0 Å². The van der Waals surface area contributed by atoms with Gasteiger partial charge in [0.15, 0.2) is 0 Å². The lowest BCUT2D eigenvalue weighted by Crippen LogP contribution is -2.19. The first-order chi connectivity index (χ1) is 19.5. The number of hydrogen-bond donors (Lipinski definition) is 5. The summed E-state index contributed by atoms with van der Waals surface area (Å²) in [5.41, 5.74) is 4.92. The number of carbonyl (C=O) groups is 2. The second-order valence-corrected chi connectivity index (χ2v) is 9.06. The lowest BCUT2D eigenvalue weighted by Gasteiger charge is -2.13. The summed E-state index contributed by atoms with van der Waals surface area (Å²) < 4.78 is 6.27. The minimum absolute atomic E-state index is 0.117. The number of H-pyrrole nitrogens is 2. The number of benzene rings is 3. The molecule has 9 heteroatoms. The fraction of sp³-hybridized carbons (Fsp3) is 0.194. The van der Waals surface area contributed by atoms with Crippen molar-refractivity contribution in [1.29, 1.82) is 0 Å². The number of amides is 1. The van der Waals surface area contributed by atoms with E-state index in [1.54, 1.807) is 6.20 Å². The Morgan fingerprint density at radius 1 is 1.10 bits per heavy atom. The van der Waals surface area contributed by atoms with Gasteiger partial charge in [0, 0.05) is 55.2 Å². The highest BCUT2D eigenvalue weighted by atomic mass is 16.5. The van der Waals surface area contributed by atoms with E-state index < -0.39 is 6.10 Å². The van der Waals surface area contributed by atoms with E-state index in [9.17, 15) is 14.7 Å². The van der Waals surface area contributed by atoms with Crippen molar-refractivity contribution in [3.63, 3.8) is 0 Å². The van der Waals surface area contributed by atoms with E-state index >= 15 is 0 Å². The van der Waals surface area contributed by atoms with Crippen molar-refractivity contribution in [2.75, 3.05) is 7.11 Å². The number of aromatic amines is 2. The zero-order valence-corrected chi connectivity index (χ0v) is 22.3. The number of rotatable bonds is 10. The third-order valence-corrected chi connectivity index (χ3v) is 6.36. The minimum atomic E-state index is -0.878. The van der Waals surface area contributed by atoms with Gasteiger partial charge < -0.3 is 35.0 Å². The van der Waals surface area contributed by atoms with Crippen LogP contribution in [-0.2, 0) is 22.6 Å². The smallest absolute Gasteiger partial charge is 0.217 e. The van der Waals surface area contributed by atoms with Crippen LogP contribution >= 0.6 is 0 Å². The molecule has 0 aliphatic heterocycles. The summed E-state index contributed by atoms with van der Waals surface area (Å²) in [4.78, 5) is 33.2. The number of aliphatic hydroxyl groups is 2. The Labute approximate surface area is 231 Å². The van der Waals surface area contributed by atoms with Crippen LogP contribution in [0.1, 0.15) is 41.8 Å².